The molecule has 1 heterocycles. The second-order valence-corrected chi connectivity index (χ2v) is 7.27. The molecule has 130 valence electrons. The summed E-state index contributed by atoms with van der Waals surface area (Å²) in [5, 5.41) is 12.3. The number of aliphatic hydroxyl groups excluding tert-OH is 1. The van der Waals surface area contributed by atoms with E-state index in [1.165, 1.54) is 11.6 Å². The lowest BCUT2D eigenvalue weighted by molar-refractivity contribution is -0.111. The highest BCUT2D eigenvalue weighted by molar-refractivity contribution is 9.10. The molecule has 1 amide bonds. The van der Waals surface area contributed by atoms with Gasteiger partial charge >= 0.3 is 0 Å². The van der Waals surface area contributed by atoms with E-state index in [1.807, 2.05) is 49.5 Å². The highest BCUT2D eigenvalue weighted by Crippen LogP contribution is 2.31. The van der Waals surface area contributed by atoms with Gasteiger partial charge in [-0.1, -0.05) is 34.1 Å². The van der Waals surface area contributed by atoms with Crippen molar-refractivity contribution >= 4 is 39.3 Å². The molecule has 2 N–H and O–H groups in total. The third-order valence-corrected chi connectivity index (χ3v) is 4.89. The van der Waals surface area contributed by atoms with Crippen molar-refractivity contribution in [2.24, 2.45) is 5.92 Å². The number of hydrogen-bond donors (Lipinski definition) is 2. The van der Waals surface area contributed by atoms with Gasteiger partial charge in [0.1, 0.15) is 0 Å². The predicted molar refractivity (Wildman–Crippen MR) is 106 cm³/mol. The van der Waals surface area contributed by atoms with Gasteiger partial charge in [-0.3, -0.25) is 4.79 Å². The Kier molecular flexibility index (Phi) is 5.56. The van der Waals surface area contributed by atoms with Gasteiger partial charge in [0.15, 0.2) is 0 Å². The summed E-state index contributed by atoms with van der Waals surface area (Å²) in [7, 11) is 2.01. The quantitative estimate of drug-likeness (QED) is 0.769. The summed E-state index contributed by atoms with van der Waals surface area (Å²) in [5.41, 5.74) is 4.06. The van der Waals surface area contributed by atoms with Gasteiger partial charge in [-0.25, -0.2) is 0 Å². The minimum absolute atomic E-state index is 0.158. The highest BCUT2D eigenvalue weighted by Gasteiger charge is 2.21. The van der Waals surface area contributed by atoms with Crippen molar-refractivity contribution in [1.82, 2.24) is 0 Å². The zero-order chi connectivity index (χ0) is 17.8. The van der Waals surface area contributed by atoms with E-state index in [9.17, 15) is 9.90 Å². The molecule has 0 spiro atoms. The van der Waals surface area contributed by atoms with Crippen LogP contribution in [0.2, 0.25) is 0 Å². The van der Waals surface area contributed by atoms with Crippen LogP contribution in [0.25, 0.3) is 6.08 Å². The molecular weight excluding hydrogens is 380 g/mol. The number of carbonyl (C=O) groups excluding carboxylic acids is 1. The first-order chi connectivity index (χ1) is 12.0. The lowest BCUT2D eigenvalue weighted by atomic mass is 9.93. The fourth-order valence-corrected chi connectivity index (χ4v) is 3.35. The Hall–Kier alpha value is -2.11. The van der Waals surface area contributed by atoms with Gasteiger partial charge < -0.3 is 15.3 Å². The third kappa shape index (κ3) is 4.50. The summed E-state index contributed by atoms with van der Waals surface area (Å²) >= 11 is 3.39. The van der Waals surface area contributed by atoms with E-state index < -0.39 is 0 Å². The zero-order valence-corrected chi connectivity index (χ0v) is 15.7. The summed E-state index contributed by atoms with van der Waals surface area (Å²) in [6, 6.07) is 13.7. The number of nitrogens with one attached hydrogen (secondary N) is 1. The topological polar surface area (TPSA) is 52.6 Å². The number of anilines is 2. The minimum atomic E-state index is -0.158. The second kappa shape index (κ2) is 7.85. The third-order valence-electron chi connectivity index (χ3n) is 4.36. The molecule has 2 aromatic rings. The van der Waals surface area contributed by atoms with Crippen LogP contribution in [-0.4, -0.2) is 31.2 Å². The smallest absolute Gasteiger partial charge is 0.248 e. The van der Waals surface area contributed by atoms with Gasteiger partial charge in [-0.05, 0) is 47.9 Å². The number of halogens is 1. The first-order valence-electron chi connectivity index (χ1n) is 8.24. The fourth-order valence-electron chi connectivity index (χ4n) is 3.08. The highest BCUT2D eigenvalue weighted by atomic mass is 79.9. The molecular formula is C20H21BrN2O2. The van der Waals surface area contributed by atoms with Crippen LogP contribution in [0.1, 0.15) is 11.1 Å². The summed E-state index contributed by atoms with van der Waals surface area (Å²) in [5.74, 6) is 0.112. The summed E-state index contributed by atoms with van der Waals surface area (Å²) in [4.78, 5) is 14.3. The van der Waals surface area contributed by atoms with Crippen molar-refractivity contribution in [2.45, 2.75) is 6.42 Å². The number of hydrogen-bond acceptors (Lipinski definition) is 3. The molecule has 2 aromatic carbocycles. The van der Waals surface area contributed by atoms with Gasteiger partial charge in [0.05, 0.1) is 0 Å². The van der Waals surface area contributed by atoms with Gasteiger partial charge in [-0.15, -0.1) is 0 Å². The van der Waals surface area contributed by atoms with Crippen molar-refractivity contribution in [3.63, 3.8) is 0 Å². The van der Waals surface area contributed by atoms with Crippen LogP contribution in [0.15, 0.2) is 53.0 Å². The van der Waals surface area contributed by atoms with E-state index in [0.29, 0.717) is 0 Å². The van der Waals surface area contributed by atoms with E-state index in [-0.39, 0.29) is 18.4 Å². The van der Waals surface area contributed by atoms with Crippen LogP contribution in [-0.2, 0) is 11.2 Å². The molecule has 1 atom stereocenters. The van der Waals surface area contributed by atoms with Crippen LogP contribution >= 0.6 is 15.9 Å². The van der Waals surface area contributed by atoms with Gasteiger partial charge in [0.2, 0.25) is 5.91 Å². The second-order valence-electron chi connectivity index (χ2n) is 6.35. The summed E-state index contributed by atoms with van der Waals surface area (Å²) in [6.07, 6.45) is 4.19. The predicted octanol–water partition coefficient (Wildman–Crippen LogP) is 3.70. The van der Waals surface area contributed by atoms with Crippen LogP contribution in [0.4, 0.5) is 11.4 Å². The molecule has 0 radical (unpaired) electrons. The molecule has 0 saturated carbocycles. The normalized spacial score (nSPS) is 16.8. The van der Waals surface area contributed by atoms with E-state index in [0.717, 1.165) is 34.4 Å². The first-order valence-corrected chi connectivity index (χ1v) is 9.04. The van der Waals surface area contributed by atoms with Crippen molar-refractivity contribution in [2.75, 3.05) is 30.4 Å². The molecule has 1 aliphatic heterocycles. The van der Waals surface area contributed by atoms with E-state index in [1.54, 1.807) is 6.08 Å². The number of benzene rings is 2. The lowest BCUT2D eigenvalue weighted by Gasteiger charge is -2.33. The summed E-state index contributed by atoms with van der Waals surface area (Å²) < 4.78 is 1.01. The molecule has 0 aliphatic carbocycles. The molecule has 0 fully saturated rings. The number of nitrogens with zero attached hydrogens (tertiary/aromatic N) is 1. The molecule has 0 bridgehead atoms. The zero-order valence-electron chi connectivity index (χ0n) is 14.1. The molecule has 0 aromatic heterocycles. The Labute approximate surface area is 156 Å². The number of rotatable bonds is 4. The summed E-state index contributed by atoms with van der Waals surface area (Å²) in [6.45, 7) is 1.02. The molecule has 0 saturated heterocycles. The SMILES string of the molecule is CN1CC(CO)Cc2ccc(NC(=O)/C=C/c3ccc(Br)cc3)cc21. The van der Waals surface area contributed by atoms with E-state index in [4.69, 9.17) is 0 Å². The molecule has 1 unspecified atom stereocenters. The Bertz CT molecular complexity index is 787. The number of amides is 1. The fraction of sp³-hybridized carbons (Fsp3) is 0.250. The lowest BCUT2D eigenvalue weighted by Crippen LogP contribution is -2.34. The van der Waals surface area contributed by atoms with Crippen molar-refractivity contribution < 1.29 is 9.90 Å². The first kappa shape index (κ1) is 17.7. The van der Waals surface area contributed by atoms with Crippen LogP contribution < -0.4 is 10.2 Å². The van der Waals surface area contributed by atoms with Gasteiger partial charge in [-0.2, -0.15) is 0 Å². The number of carbonyl (C=O) groups is 1. The Balaban J connectivity index is 1.68. The molecule has 1 aliphatic rings. The molecule has 4 nitrogen and oxygen atoms in total. The standard InChI is InChI=1S/C20H21BrN2O2/c1-23-12-15(13-24)10-16-5-8-18(11-19(16)23)22-20(25)9-4-14-2-6-17(21)7-3-14/h2-9,11,15,24H,10,12-13H2,1H3,(H,22,25)/b9-4+. The van der Waals surface area contributed by atoms with Gasteiger partial charge in [0, 0.05) is 48.0 Å². The maximum absolute atomic E-state index is 12.1. The number of fused-ring (bicyclic) bond motifs is 1. The van der Waals surface area contributed by atoms with Crippen LogP contribution in [0.5, 0.6) is 0 Å². The van der Waals surface area contributed by atoms with E-state index in [2.05, 4.69) is 26.1 Å². The van der Waals surface area contributed by atoms with Crippen molar-refractivity contribution in [3.8, 4) is 0 Å². The van der Waals surface area contributed by atoms with E-state index >= 15 is 0 Å². The molecule has 3 rings (SSSR count). The Morgan fingerprint density at radius 3 is 2.80 bits per heavy atom. The van der Waals surface area contributed by atoms with Crippen LogP contribution in [0.3, 0.4) is 0 Å². The average Bonchev–Trinajstić information content (AvgIpc) is 2.61. The Morgan fingerprint density at radius 1 is 1.32 bits per heavy atom. The monoisotopic (exact) mass is 400 g/mol. The molecule has 25 heavy (non-hydrogen) atoms. The maximum Gasteiger partial charge on any atom is 0.248 e. The maximum atomic E-state index is 12.1. The Morgan fingerprint density at radius 2 is 2.08 bits per heavy atom. The number of aliphatic hydroxyl groups is 1. The van der Waals surface area contributed by atoms with Crippen LogP contribution in [0, 0.1) is 5.92 Å². The van der Waals surface area contributed by atoms with Crippen molar-refractivity contribution in [3.05, 3.63) is 64.1 Å². The van der Waals surface area contributed by atoms with Crippen molar-refractivity contribution in [1.29, 1.82) is 0 Å². The largest absolute Gasteiger partial charge is 0.396 e. The molecule has 5 heteroatoms. The average molecular weight is 401 g/mol. The minimum Gasteiger partial charge on any atom is -0.396 e. The van der Waals surface area contributed by atoms with Gasteiger partial charge in [0.25, 0.3) is 0 Å².